The summed E-state index contributed by atoms with van der Waals surface area (Å²) >= 11 is 0. The standard InChI is InChI=1S/C19H27N3O2/c1-20-18(23)16-9-13-21(14-10-16)17(15-7-3-2-4-8-15)19(24)22-11-5-6-12-22/h2-4,7-8,16-17H,5-6,9-14H2,1H3,(H,20,23). The molecule has 3 rings (SSSR count). The number of carbonyl (C=O) groups excluding carboxylic acids is 2. The first kappa shape index (κ1) is 17.0. The fraction of sp³-hybridized carbons (Fsp3) is 0.579. The molecule has 2 aliphatic rings. The van der Waals surface area contributed by atoms with Gasteiger partial charge in [0, 0.05) is 26.1 Å². The zero-order valence-corrected chi connectivity index (χ0v) is 14.4. The third-order valence-corrected chi connectivity index (χ3v) is 5.28. The summed E-state index contributed by atoms with van der Waals surface area (Å²) in [5.41, 5.74) is 1.06. The molecule has 0 aromatic heterocycles. The number of carbonyl (C=O) groups is 2. The van der Waals surface area contributed by atoms with Crippen LogP contribution in [0.2, 0.25) is 0 Å². The van der Waals surface area contributed by atoms with Crippen molar-refractivity contribution >= 4 is 11.8 Å². The molecule has 1 N–H and O–H groups in total. The van der Waals surface area contributed by atoms with Crippen molar-refractivity contribution in [3.63, 3.8) is 0 Å². The molecule has 1 unspecified atom stereocenters. The average Bonchev–Trinajstić information content (AvgIpc) is 3.17. The Kier molecular flexibility index (Phi) is 5.51. The molecule has 2 saturated heterocycles. The third-order valence-electron chi connectivity index (χ3n) is 5.28. The molecule has 0 radical (unpaired) electrons. The number of amides is 2. The molecular weight excluding hydrogens is 302 g/mol. The second-order valence-electron chi connectivity index (χ2n) is 6.77. The van der Waals surface area contributed by atoms with E-state index in [0.717, 1.165) is 57.4 Å². The normalized spacial score (nSPS) is 20.8. The van der Waals surface area contributed by atoms with Crippen LogP contribution in [0.5, 0.6) is 0 Å². The van der Waals surface area contributed by atoms with Gasteiger partial charge in [-0.1, -0.05) is 30.3 Å². The minimum Gasteiger partial charge on any atom is -0.359 e. The number of nitrogens with one attached hydrogen (secondary N) is 1. The highest BCUT2D eigenvalue weighted by molar-refractivity contribution is 5.83. The van der Waals surface area contributed by atoms with Gasteiger partial charge in [-0.3, -0.25) is 14.5 Å². The van der Waals surface area contributed by atoms with Crippen LogP contribution in [0.4, 0.5) is 0 Å². The van der Waals surface area contributed by atoms with Gasteiger partial charge >= 0.3 is 0 Å². The summed E-state index contributed by atoms with van der Waals surface area (Å²) < 4.78 is 0. The van der Waals surface area contributed by atoms with Crippen molar-refractivity contribution in [2.45, 2.75) is 31.7 Å². The van der Waals surface area contributed by atoms with Gasteiger partial charge < -0.3 is 10.2 Å². The van der Waals surface area contributed by atoms with E-state index in [4.69, 9.17) is 0 Å². The molecule has 5 nitrogen and oxygen atoms in total. The van der Waals surface area contributed by atoms with Crippen LogP contribution in [0, 0.1) is 5.92 Å². The van der Waals surface area contributed by atoms with Crippen LogP contribution in [0.15, 0.2) is 30.3 Å². The Balaban J connectivity index is 1.76. The van der Waals surface area contributed by atoms with Crippen molar-refractivity contribution in [3.8, 4) is 0 Å². The van der Waals surface area contributed by atoms with Crippen LogP contribution in [0.25, 0.3) is 0 Å². The maximum Gasteiger partial charge on any atom is 0.244 e. The number of rotatable bonds is 4. The van der Waals surface area contributed by atoms with E-state index in [9.17, 15) is 9.59 Å². The molecule has 1 atom stereocenters. The van der Waals surface area contributed by atoms with Gasteiger partial charge in [0.2, 0.25) is 11.8 Å². The third kappa shape index (κ3) is 3.61. The number of likely N-dealkylation sites (tertiary alicyclic amines) is 2. The van der Waals surface area contributed by atoms with Crippen molar-refractivity contribution in [1.29, 1.82) is 0 Å². The lowest BCUT2D eigenvalue weighted by molar-refractivity contribution is -0.137. The Morgan fingerprint density at radius 1 is 1.04 bits per heavy atom. The van der Waals surface area contributed by atoms with Crippen molar-refractivity contribution in [1.82, 2.24) is 15.1 Å². The maximum absolute atomic E-state index is 13.1. The van der Waals surface area contributed by atoms with E-state index >= 15 is 0 Å². The zero-order valence-electron chi connectivity index (χ0n) is 14.4. The molecule has 1 aromatic rings. The summed E-state index contributed by atoms with van der Waals surface area (Å²) in [7, 11) is 1.69. The van der Waals surface area contributed by atoms with Crippen LogP contribution < -0.4 is 5.32 Å². The highest BCUT2D eigenvalue weighted by Gasteiger charge is 2.35. The molecule has 24 heavy (non-hydrogen) atoms. The maximum atomic E-state index is 13.1. The molecule has 2 heterocycles. The molecule has 2 fully saturated rings. The number of benzene rings is 1. The van der Waals surface area contributed by atoms with Crippen LogP contribution in [0.1, 0.15) is 37.3 Å². The Bertz CT molecular complexity index is 561. The molecule has 2 aliphatic heterocycles. The average molecular weight is 329 g/mol. The van der Waals surface area contributed by atoms with Gasteiger partial charge in [0.1, 0.15) is 6.04 Å². The van der Waals surface area contributed by atoms with Gasteiger partial charge in [-0.2, -0.15) is 0 Å². The van der Waals surface area contributed by atoms with E-state index in [-0.39, 0.29) is 23.8 Å². The highest BCUT2D eigenvalue weighted by Crippen LogP contribution is 2.29. The summed E-state index contributed by atoms with van der Waals surface area (Å²) in [4.78, 5) is 29.2. The monoisotopic (exact) mass is 329 g/mol. The predicted octanol–water partition coefficient (Wildman–Crippen LogP) is 1.81. The molecule has 0 aliphatic carbocycles. The first-order chi connectivity index (χ1) is 11.7. The minimum absolute atomic E-state index is 0.0737. The lowest BCUT2D eigenvalue weighted by Gasteiger charge is -2.38. The zero-order chi connectivity index (χ0) is 16.9. The highest BCUT2D eigenvalue weighted by atomic mass is 16.2. The van der Waals surface area contributed by atoms with Gasteiger partial charge in [-0.05, 0) is 44.3 Å². The molecule has 0 saturated carbocycles. The van der Waals surface area contributed by atoms with Crippen LogP contribution in [-0.4, -0.2) is 54.8 Å². The summed E-state index contributed by atoms with van der Waals surface area (Å²) in [5.74, 6) is 0.415. The van der Waals surface area contributed by atoms with Gasteiger partial charge in [0.25, 0.3) is 0 Å². The van der Waals surface area contributed by atoms with Crippen LogP contribution in [0.3, 0.4) is 0 Å². The first-order valence-corrected chi connectivity index (χ1v) is 9.00. The Morgan fingerprint density at radius 3 is 2.25 bits per heavy atom. The van der Waals surface area contributed by atoms with Crippen molar-refractivity contribution in [2.24, 2.45) is 5.92 Å². The summed E-state index contributed by atoms with van der Waals surface area (Å²) in [5, 5.41) is 2.75. The van der Waals surface area contributed by atoms with Crippen molar-refractivity contribution in [2.75, 3.05) is 33.2 Å². The summed E-state index contributed by atoms with van der Waals surface area (Å²) in [6.45, 7) is 3.32. The molecule has 0 bridgehead atoms. The smallest absolute Gasteiger partial charge is 0.244 e. The van der Waals surface area contributed by atoms with E-state index in [0.29, 0.717) is 0 Å². The van der Waals surface area contributed by atoms with Gasteiger partial charge in [-0.15, -0.1) is 0 Å². The van der Waals surface area contributed by atoms with Gasteiger partial charge in [0.05, 0.1) is 0 Å². The fourth-order valence-electron chi connectivity index (χ4n) is 3.88. The molecule has 1 aromatic carbocycles. The van der Waals surface area contributed by atoms with E-state index < -0.39 is 0 Å². The molecular formula is C19H27N3O2. The largest absolute Gasteiger partial charge is 0.359 e. The molecule has 0 spiro atoms. The quantitative estimate of drug-likeness (QED) is 0.916. The van der Waals surface area contributed by atoms with Crippen LogP contribution in [-0.2, 0) is 9.59 Å². The SMILES string of the molecule is CNC(=O)C1CCN(C(C(=O)N2CCCC2)c2ccccc2)CC1. The first-order valence-electron chi connectivity index (χ1n) is 9.00. The van der Waals surface area contributed by atoms with E-state index in [2.05, 4.69) is 10.2 Å². The molecule has 5 heteroatoms. The summed E-state index contributed by atoms with van der Waals surface area (Å²) in [6.07, 6.45) is 3.84. The Labute approximate surface area is 144 Å². The topological polar surface area (TPSA) is 52.7 Å². The van der Waals surface area contributed by atoms with Crippen molar-refractivity contribution < 1.29 is 9.59 Å². The van der Waals surface area contributed by atoms with E-state index in [1.165, 1.54) is 0 Å². The van der Waals surface area contributed by atoms with Gasteiger partial charge in [0.15, 0.2) is 0 Å². The molecule has 130 valence electrons. The Morgan fingerprint density at radius 2 is 1.67 bits per heavy atom. The Hall–Kier alpha value is -1.88. The van der Waals surface area contributed by atoms with Gasteiger partial charge in [-0.25, -0.2) is 0 Å². The number of hydrogen-bond acceptors (Lipinski definition) is 3. The van der Waals surface area contributed by atoms with Crippen molar-refractivity contribution in [3.05, 3.63) is 35.9 Å². The second kappa shape index (κ2) is 7.79. The number of nitrogens with zero attached hydrogens (tertiary/aromatic N) is 2. The summed E-state index contributed by atoms with van der Waals surface area (Å²) in [6, 6.07) is 9.86. The fourth-order valence-corrected chi connectivity index (χ4v) is 3.88. The minimum atomic E-state index is -0.213. The molecule has 2 amide bonds. The lowest BCUT2D eigenvalue weighted by Crippen LogP contribution is -2.46. The number of piperidine rings is 1. The predicted molar refractivity (Wildman–Crippen MR) is 93.4 cm³/mol. The number of hydrogen-bond donors (Lipinski definition) is 1. The van der Waals surface area contributed by atoms with Crippen LogP contribution >= 0.6 is 0 Å². The van der Waals surface area contributed by atoms with E-state index in [1.54, 1.807) is 7.05 Å². The lowest BCUT2D eigenvalue weighted by atomic mass is 9.93. The van der Waals surface area contributed by atoms with E-state index in [1.807, 2.05) is 35.2 Å². The second-order valence-corrected chi connectivity index (χ2v) is 6.77.